The van der Waals surface area contributed by atoms with Crippen LogP contribution < -0.4 is 0 Å². The lowest BCUT2D eigenvalue weighted by Gasteiger charge is -2.01. The largest absolute Gasteiger partial charge is 0.294 e. The van der Waals surface area contributed by atoms with Crippen LogP contribution in [0.3, 0.4) is 0 Å². The number of carbonyl (C=O) groups excluding carboxylic acids is 1. The van der Waals surface area contributed by atoms with Gasteiger partial charge in [-0.25, -0.2) is 0 Å². The van der Waals surface area contributed by atoms with E-state index in [9.17, 15) is 4.79 Å². The van der Waals surface area contributed by atoms with Crippen LogP contribution in [0.25, 0.3) is 0 Å². The molecule has 1 aliphatic rings. The molecule has 0 amide bonds. The lowest BCUT2D eigenvalue weighted by Crippen LogP contribution is -1.93. The summed E-state index contributed by atoms with van der Waals surface area (Å²) in [5.41, 5.74) is 1.86. The molecular formula is C9H6ClIO. The number of fused-ring (bicyclic) bond motifs is 1. The number of hydrogen-bond acceptors (Lipinski definition) is 1. The molecule has 62 valence electrons. The second-order valence-corrected chi connectivity index (χ2v) is 4.36. The molecule has 12 heavy (non-hydrogen) atoms. The van der Waals surface area contributed by atoms with Crippen molar-refractivity contribution in [2.75, 3.05) is 0 Å². The molecule has 0 aliphatic heterocycles. The summed E-state index contributed by atoms with van der Waals surface area (Å²) in [6, 6.07) is 3.95. The average Bonchev–Trinajstić information content (AvgIpc) is 2.41. The predicted octanol–water partition coefficient (Wildman–Crippen LogP) is 3.07. The van der Waals surface area contributed by atoms with Crippen LogP contribution in [0, 0.1) is 3.57 Å². The van der Waals surface area contributed by atoms with E-state index < -0.39 is 0 Å². The zero-order valence-corrected chi connectivity index (χ0v) is 9.15. The van der Waals surface area contributed by atoms with E-state index in [0.717, 1.165) is 21.1 Å². The van der Waals surface area contributed by atoms with Crippen LogP contribution in [0.5, 0.6) is 0 Å². The molecule has 1 aromatic rings. The highest BCUT2D eigenvalue weighted by Gasteiger charge is 2.23. The number of Topliss-reactive ketones (excluding diaryl/α,β-unsaturated/α-hetero) is 1. The second kappa shape index (κ2) is 3.00. The van der Waals surface area contributed by atoms with Crippen LogP contribution in [0.15, 0.2) is 12.1 Å². The quantitative estimate of drug-likeness (QED) is 0.672. The minimum atomic E-state index is 0.188. The Bertz CT molecular complexity index is 360. The molecule has 0 bridgehead atoms. The van der Waals surface area contributed by atoms with E-state index in [1.165, 1.54) is 0 Å². The number of benzene rings is 1. The SMILES string of the molecule is O=C1CCc2ccc(I)c(Cl)c21. The van der Waals surface area contributed by atoms with Gasteiger partial charge in [-0.3, -0.25) is 4.79 Å². The number of aryl methyl sites for hydroxylation is 1. The monoisotopic (exact) mass is 292 g/mol. The van der Waals surface area contributed by atoms with Gasteiger partial charge in [-0.15, -0.1) is 0 Å². The van der Waals surface area contributed by atoms with E-state index in [2.05, 4.69) is 22.6 Å². The van der Waals surface area contributed by atoms with Gasteiger partial charge in [0.25, 0.3) is 0 Å². The molecule has 0 aromatic heterocycles. The van der Waals surface area contributed by atoms with E-state index >= 15 is 0 Å². The van der Waals surface area contributed by atoms with Gasteiger partial charge >= 0.3 is 0 Å². The van der Waals surface area contributed by atoms with Gasteiger partial charge in [-0.1, -0.05) is 17.7 Å². The molecule has 0 heterocycles. The third-order valence-electron chi connectivity index (χ3n) is 2.08. The molecule has 1 aliphatic carbocycles. The maximum atomic E-state index is 11.4. The first-order valence-electron chi connectivity index (χ1n) is 3.70. The van der Waals surface area contributed by atoms with Crippen molar-refractivity contribution in [2.24, 2.45) is 0 Å². The molecular weight excluding hydrogens is 286 g/mol. The Kier molecular flexibility index (Phi) is 2.12. The fraction of sp³-hybridized carbons (Fsp3) is 0.222. The topological polar surface area (TPSA) is 17.1 Å². The van der Waals surface area contributed by atoms with Gasteiger partial charge < -0.3 is 0 Å². The molecule has 0 fully saturated rings. The number of ketones is 1. The fourth-order valence-corrected chi connectivity index (χ4v) is 2.21. The highest BCUT2D eigenvalue weighted by atomic mass is 127. The van der Waals surface area contributed by atoms with E-state index in [0.29, 0.717) is 11.4 Å². The molecule has 3 heteroatoms. The van der Waals surface area contributed by atoms with Crippen molar-refractivity contribution in [3.05, 3.63) is 31.9 Å². The summed E-state index contributed by atoms with van der Waals surface area (Å²) in [6.45, 7) is 0. The Morgan fingerprint density at radius 3 is 2.83 bits per heavy atom. The summed E-state index contributed by atoms with van der Waals surface area (Å²) in [7, 11) is 0. The number of rotatable bonds is 0. The molecule has 0 radical (unpaired) electrons. The van der Waals surface area contributed by atoms with E-state index in [-0.39, 0.29) is 5.78 Å². The highest BCUT2D eigenvalue weighted by Crippen LogP contribution is 2.31. The summed E-state index contributed by atoms with van der Waals surface area (Å²) >= 11 is 8.15. The molecule has 1 nitrogen and oxygen atoms in total. The molecule has 0 unspecified atom stereocenters. The van der Waals surface area contributed by atoms with E-state index in [1.807, 2.05) is 12.1 Å². The van der Waals surface area contributed by atoms with Gasteiger partial charge in [0.1, 0.15) is 0 Å². The zero-order valence-electron chi connectivity index (χ0n) is 6.23. The lowest BCUT2D eigenvalue weighted by atomic mass is 10.1. The average molecular weight is 293 g/mol. The van der Waals surface area contributed by atoms with Gasteiger partial charge in [0.2, 0.25) is 0 Å². The molecule has 0 atom stereocenters. The molecule has 0 saturated heterocycles. The van der Waals surface area contributed by atoms with Crippen molar-refractivity contribution < 1.29 is 4.79 Å². The van der Waals surface area contributed by atoms with Gasteiger partial charge in [0.05, 0.1) is 5.02 Å². The number of hydrogen-bond donors (Lipinski definition) is 0. The van der Waals surface area contributed by atoms with Gasteiger partial charge in [-0.2, -0.15) is 0 Å². The molecule has 0 spiro atoms. The summed E-state index contributed by atoms with van der Waals surface area (Å²) in [5, 5.41) is 0.635. The van der Waals surface area contributed by atoms with Crippen LogP contribution in [0.2, 0.25) is 5.02 Å². The van der Waals surface area contributed by atoms with Crippen molar-refractivity contribution in [3.8, 4) is 0 Å². The minimum absolute atomic E-state index is 0.188. The van der Waals surface area contributed by atoms with Crippen molar-refractivity contribution >= 4 is 40.0 Å². The van der Waals surface area contributed by atoms with Crippen LogP contribution in [-0.2, 0) is 6.42 Å². The molecule has 0 N–H and O–H groups in total. The first-order chi connectivity index (χ1) is 5.70. The standard InChI is InChI=1S/C9H6ClIO/c10-9-6(11)3-1-5-2-4-7(12)8(5)9/h1,3H,2,4H2. The highest BCUT2D eigenvalue weighted by molar-refractivity contribution is 14.1. The minimum Gasteiger partial charge on any atom is -0.294 e. The lowest BCUT2D eigenvalue weighted by molar-refractivity contribution is 0.0994. The van der Waals surface area contributed by atoms with E-state index in [1.54, 1.807) is 0 Å². The Balaban J connectivity index is 2.71. The smallest absolute Gasteiger partial charge is 0.165 e. The van der Waals surface area contributed by atoms with Crippen molar-refractivity contribution in [3.63, 3.8) is 0 Å². The maximum absolute atomic E-state index is 11.4. The normalized spacial score (nSPS) is 15.0. The number of halogens is 2. The Labute approximate surface area is 89.2 Å². The third kappa shape index (κ3) is 1.17. The summed E-state index contributed by atoms with van der Waals surface area (Å²) < 4.78 is 0.961. The van der Waals surface area contributed by atoms with Crippen LogP contribution in [-0.4, -0.2) is 5.78 Å². The molecule has 1 aromatic carbocycles. The van der Waals surface area contributed by atoms with Gasteiger partial charge in [0, 0.05) is 15.6 Å². The first-order valence-corrected chi connectivity index (χ1v) is 5.16. The predicted molar refractivity (Wildman–Crippen MR) is 56.8 cm³/mol. The van der Waals surface area contributed by atoms with Gasteiger partial charge in [-0.05, 0) is 40.6 Å². The Morgan fingerprint density at radius 1 is 1.33 bits per heavy atom. The van der Waals surface area contributed by atoms with Crippen molar-refractivity contribution in [2.45, 2.75) is 12.8 Å². The fourth-order valence-electron chi connectivity index (χ4n) is 1.47. The summed E-state index contributed by atoms with van der Waals surface area (Å²) in [4.78, 5) is 11.4. The van der Waals surface area contributed by atoms with Crippen LogP contribution >= 0.6 is 34.2 Å². The van der Waals surface area contributed by atoms with E-state index in [4.69, 9.17) is 11.6 Å². The first kappa shape index (κ1) is 8.51. The molecule has 0 saturated carbocycles. The van der Waals surface area contributed by atoms with Crippen LogP contribution in [0.1, 0.15) is 22.3 Å². The summed E-state index contributed by atoms with van der Waals surface area (Å²) in [5.74, 6) is 0.188. The van der Waals surface area contributed by atoms with Crippen molar-refractivity contribution in [1.82, 2.24) is 0 Å². The second-order valence-electron chi connectivity index (χ2n) is 2.82. The zero-order chi connectivity index (χ0) is 8.72. The van der Waals surface area contributed by atoms with Crippen LogP contribution in [0.4, 0.5) is 0 Å². The number of carbonyl (C=O) groups is 1. The third-order valence-corrected chi connectivity index (χ3v) is 3.69. The summed E-state index contributed by atoms with van der Waals surface area (Å²) in [6.07, 6.45) is 1.47. The molecule has 2 rings (SSSR count). The van der Waals surface area contributed by atoms with Gasteiger partial charge in [0.15, 0.2) is 5.78 Å². The van der Waals surface area contributed by atoms with Crippen molar-refractivity contribution in [1.29, 1.82) is 0 Å². The maximum Gasteiger partial charge on any atom is 0.165 e. The Morgan fingerprint density at radius 2 is 2.08 bits per heavy atom. The Hall–Kier alpha value is -0.0900.